The summed E-state index contributed by atoms with van der Waals surface area (Å²) in [5.74, 6) is -0.147. The van der Waals surface area contributed by atoms with Gasteiger partial charge in [0.05, 0.1) is 22.9 Å². The summed E-state index contributed by atoms with van der Waals surface area (Å²) in [6.07, 6.45) is 3.38. The van der Waals surface area contributed by atoms with Crippen molar-refractivity contribution in [2.75, 3.05) is 11.9 Å². The van der Waals surface area contributed by atoms with Crippen LogP contribution in [-0.4, -0.2) is 28.4 Å². The van der Waals surface area contributed by atoms with E-state index < -0.39 is 12.1 Å². The van der Waals surface area contributed by atoms with Gasteiger partial charge in [-0.3, -0.25) is 9.59 Å². The van der Waals surface area contributed by atoms with Gasteiger partial charge in [0.1, 0.15) is 0 Å². The molecule has 0 bridgehead atoms. The molecule has 2 aromatic carbocycles. The van der Waals surface area contributed by atoms with Crippen molar-refractivity contribution in [3.05, 3.63) is 58.1 Å². The van der Waals surface area contributed by atoms with Gasteiger partial charge < -0.3 is 15.3 Å². The molecule has 8 heteroatoms. The predicted octanol–water partition coefficient (Wildman–Crippen LogP) is 5.05. The highest BCUT2D eigenvalue weighted by atomic mass is 35.5. The number of hydrogen-bond acceptors (Lipinski definition) is 5. The van der Waals surface area contributed by atoms with Crippen molar-refractivity contribution in [3.8, 4) is 6.07 Å². The molecule has 0 radical (unpaired) electrons. The molecule has 6 nitrogen and oxygen atoms in total. The molecule has 1 unspecified atom stereocenters. The minimum absolute atomic E-state index is 0.242. The van der Waals surface area contributed by atoms with Crippen molar-refractivity contribution in [2.24, 2.45) is 11.8 Å². The van der Waals surface area contributed by atoms with Crippen molar-refractivity contribution in [1.29, 1.82) is 5.26 Å². The van der Waals surface area contributed by atoms with Crippen LogP contribution in [-0.2, 0) is 0 Å². The molecule has 0 aromatic heterocycles. The number of nitrogens with one attached hydrogen (secondary N) is 1. The van der Waals surface area contributed by atoms with Crippen LogP contribution in [0.25, 0.3) is 0 Å². The van der Waals surface area contributed by atoms with Crippen molar-refractivity contribution >= 4 is 41.7 Å². The van der Waals surface area contributed by atoms with Gasteiger partial charge in [-0.1, -0.05) is 30.2 Å². The van der Waals surface area contributed by atoms with E-state index >= 15 is 0 Å². The van der Waals surface area contributed by atoms with Crippen molar-refractivity contribution in [2.45, 2.75) is 43.2 Å². The topological polar surface area (TPSA) is 93.4 Å². The average Bonchev–Trinajstić information content (AvgIpc) is 3.01. The van der Waals surface area contributed by atoms with Crippen LogP contribution >= 0.6 is 24.2 Å². The first-order chi connectivity index (χ1) is 15.4. The molecule has 2 N–H and O–H groups in total. The van der Waals surface area contributed by atoms with Crippen LogP contribution in [0.2, 0.25) is 5.02 Å². The Labute approximate surface area is 197 Å². The first-order valence-corrected chi connectivity index (χ1v) is 11.5. The summed E-state index contributed by atoms with van der Waals surface area (Å²) in [5, 5.41) is 23.1. The van der Waals surface area contributed by atoms with E-state index in [-0.39, 0.29) is 11.8 Å². The number of aliphatic hydroxyl groups excluding tert-OH is 1. The summed E-state index contributed by atoms with van der Waals surface area (Å²) in [7, 11) is 0. The zero-order chi connectivity index (χ0) is 22.8. The second-order valence-corrected chi connectivity index (χ2v) is 9.40. The van der Waals surface area contributed by atoms with Crippen LogP contribution < -0.4 is 5.32 Å². The van der Waals surface area contributed by atoms with Gasteiger partial charge in [0.2, 0.25) is 0 Å². The molecule has 1 aliphatic heterocycles. The molecule has 1 saturated carbocycles. The maximum Gasteiger partial charge on any atom is 0.258 e. The number of thiol groups is 1. The first kappa shape index (κ1) is 22.7. The SMILES string of the molecule is N#CC[C@H]1CCC[C@@H](CN2C(=O)c3c(NC(=O)c4cc(Cl)ccc4S)cccc3C2O)C1. The Kier molecular flexibility index (Phi) is 6.75. The lowest BCUT2D eigenvalue weighted by molar-refractivity contribution is 0.00628. The number of carbonyl (C=O) groups is 2. The smallest absolute Gasteiger partial charge is 0.258 e. The largest absolute Gasteiger partial charge is 0.369 e. The van der Waals surface area contributed by atoms with Gasteiger partial charge in [-0.05, 0) is 55.4 Å². The highest BCUT2D eigenvalue weighted by Gasteiger charge is 2.39. The number of benzene rings is 2. The molecular weight excluding hydrogens is 446 g/mol. The van der Waals surface area contributed by atoms with Crippen LogP contribution in [0.3, 0.4) is 0 Å². The molecular formula is C24H24ClN3O3S. The van der Waals surface area contributed by atoms with Gasteiger partial charge in [0.25, 0.3) is 11.8 Å². The standard InChI is InChI=1S/C24H24ClN3O3S/c25-16-7-8-20(32)18(12-16)22(29)27-19-6-2-5-17-21(19)24(31)28(23(17)30)13-15-4-1-3-14(11-15)9-10-26/h2,5-8,12,14-15,23,30,32H,1,3-4,9,11,13H2,(H,27,29)/t14-,15-,23?/m1/s1. The second-order valence-electron chi connectivity index (χ2n) is 8.48. The lowest BCUT2D eigenvalue weighted by atomic mass is 9.80. The van der Waals surface area contributed by atoms with Crippen molar-refractivity contribution in [1.82, 2.24) is 4.90 Å². The normalized spacial score (nSPS) is 22.4. The maximum atomic E-state index is 13.3. The fraction of sp³-hybridized carbons (Fsp3) is 0.375. The molecule has 1 aliphatic carbocycles. The number of halogens is 1. The van der Waals surface area contributed by atoms with E-state index in [1.807, 2.05) is 0 Å². The summed E-state index contributed by atoms with van der Waals surface area (Å²) in [4.78, 5) is 28.1. The van der Waals surface area contributed by atoms with E-state index in [0.29, 0.717) is 51.2 Å². The van der Waals surface area contributed by atoms with E-state index in [9.17, 15) is 14.7 Å². The molecule has 0 spiro atoms. The zero-order valence-electron chi connectivity index (χ0n) is 17.4. The molecule has 2 aromatic rings. The Hall–Kier alpha value is -2.53. The summed E-state index contributed by atoms with van der Waals surface area (Å²) < 4.78 is 0. The number of carbonyl (C=O) groups excluding carboxylic acids is 2. The number of nitriles is 1. The number of amides is 2. The quantitative estimate of drug-likeness (QED) is 0.534. The third-order valence-electron chi connectivity index (χ3n) is 6.32. The van der Waals surface area contributed by atoms with E-state index in [1.54, 1.807) is 30.3 Å². The Bertz CT molecular complexity index is 1100. The number of hydrogen-bond donors (Lipinski definition) is 3. The van der Waals surface area contributed by atoms with Gasteiger partial charge in [-0.15, -0.1) is 12.6 Å². The van der Waals surface area contributed by atoms with Crippen LogP contribution in [0.15, 0.2) is 41.3 Å². The number of fused-ring (bicyclic) bond motifs is 1. The average molecular weight is 470 g/mol. The Morgan fingerprint density at radius 3 is 2.84 bits per heavy atom. The first-order valence-electron chi connectivity index (χ1n) is 10.7. The Balaban J connectivity index is 1.54. The summed E-state index contributed by atoms with van der Waals surface area (Å²) >= 11 is 10.3. The molecule has 3 atom stereocenters. The monoisotopic (exact) mass is 469 g/mol. The summed E-state index contributed by atoms with van der Waals surface area (Å²) in [6.45, 7) is 0.430. The fourth-order valence-corrected chi connectivity index (χ4v) is 5.19. The number of rotatable bonds is 5. The second kappa shape index (κ2) is 9.53. The molecule has 1 fully saturated rings. The van der Waals surface area contributed by atoms with Gasteiger partial charge in [-0.25, -0.2) is 0 Å². The number of anilines is 1. The molecule has 0 saturated heterocycles. The van der Waals surface area contributed by atoms with E-state index in [4.69, 9.17) is 16.9 Å². The number of nitrogens with zero attached hydrogens (tertiary/aromatic N) is 2. The predicted molar refractivity (Wildman–Crippen MR) is 125 cm³/mol. The lowest BCUT2D eigenvalue weighted by Crippen LogP contribution is -2.35. The third-order valence-corrected chi connectivity index (χ3v) is 6.95. The van der Waals surface area contributed by atoms with Gasteiger partial charge in [0, 0.05) is 28.4 Å². The van der Waals surface area contributed by atoms with Crippen molar-refractivity contribution in [3.63, 3.8) is 0 Å². The van der Waals surface area contributed by atoms with E-state index in [2.05, 4.69) is 24.0 Å². The van der Waals surface area contributed by atoms with Gasteiger partial charge >= 0.3 is 0 Å². The summed E-state index contributed by atoms with van der Waals surface area (Å²) in [6, 6.07) is 12.1. The van der Waals surface area contributed by atoms with Gasteiger partial charge in [0.15, 0.2) is 6.23 Å². The van der Waals surface area contributed by atoms with Crippen LogP contribution in [0.4, 0.5) is 5.69 Å². The molecule has 2 amide bonds. The van der Waals surface area contributed by atoms with Gasteiger partial charge in [-0.2, -0.15) is 5.26 Å². The van der Waals surface area contributed by atoms with Crippen LogP contribution in [0, 0.1) is 23.2 Å². The molecule has 166 valence electrons. The maximum absolute atomic E-state index is 13.3. The van der Waals surface area contributed by atoms with Crippen LogP contribution in [0.5, 0.6) is 0 Å². The lowest BCUT2D eigenvalue weighted by Gasteiger charge is -2.32. The van der Waals surface area contributed by atoms with Crippen molar-refractivity contribution < 1.29 is 14.7 Å². The zero-order valence-corrected chi connectivity index (χ0v) is 19.1. The highest BCUT2D eigenvalue weighted by molar-refractivity contribution is 7.80. The Morgan fingerprint density at radius 1 is 1.28 bits per heavy atom. The molecule has 4 rings (SSSR count). The molecule has 1 heterocycles. The molecule has 32 heavy (non-hydrogen) atoms. The van der Waals surface area contributed by atoms with E-state index in [1.165, 1.54) is 11.0 Å². The summed E-state index contributed by atoms with van der Waals surface area (Å²) in [5.41, 5.74) is 1.43. The Morgan fingerprint density at radius 2 is 2.06 bits per heavy atom. The third kappa shape index (κ3) is 4.49. The minimum Gasteiger partial charge on any atom is -0.369 e. The van der Waals surface area contributed by atoms with Crippen LogP contribution in [0.1, 0.15) is 64.6 Å². The molecule has 2 aliphatic rings. The fourth-order valence-electron chi connectivity index (χ4n) is 4.77. The highest BCUT2D eigenvalue weighted by Crippen LogP contribution is 2.39. The number of aliphatic hydroxyl groups is 1. The van der Waals surface area contributed by atoms with E-state index in [0.717, 1.165) is 25.7 Å². The minimum atomic E-state index is -1.06.